The lowest BCUT2D eigenvalue weighted by atomic mass is 10.0. The maximum absolute atomic E-state index is 12.1. The molecular weight excluding hydrogens is 284 g/mol. The zero-order chi connectivity index (χ0) is 12.4. The summed E-state index contributed by atoms with van der Waals surface area (Å²) in [5, 5.41) is 2.72. The first-order valence-corrected chi connectivity index (χ1v) is 6.24. The number of carbonyl (C=O) groups excluding carboxylic acids is 2. The van der Waals surface area contributed by atoms with Crippen molar-refractivity contribution in [1.82, 2.24) is 10.2 Å². The summed E-state index contributed by atoms with van der Waals surface area (Å²) in [6.07, 6.45) is 0. The third-order valence-electron chi connectivity index (χ3n) is 2.76. The summed E-state index contributed by atoms with van der Waals surface area (Å²) in [7, 11) is 0. The van der Waals surface area contributed by atoms with Crippen LogP contribution >= 0.6 is 15.9 Å². The van der Waals surface area contributed by atoms with Crippen molar-refractivity contribution < 1.29 is 9.59 Å². The Bertz CT molecular complexity index is 462. The van der Waals surface area contributed by atoms with Gasteiger partial charge in [0.25, 0.3) is 0 Å². The van der Waals surface area contributed by atoms with Gasteiger partial charge in [0.05, 0.1) is 6.54 Å². The van der Waals surface area contributed by atoms with E-state index >= 15 is 0 Å². The molecule has 1 aromatic carbocycles. The number of halogens is 1. The van der Waals surface area contributed by atoms with E-state index in [0.29, 0.717) is 6.54 Å². The Hall–Kier alpha value is -1.36. The van der Waals surface area contributed by atoms with E-state index in [2.05, 4.69) is 21.2 Å². The molecule has 1 atom stereocenters. The minimum atomic E-state index is -0.561. The maximum Gasteiger partial charge on any atom is 0.250 e. The molecule has 90 valence electrons. The highest BCUT2D eigenvalue weighted by Crippen LogP contribution is 2.22. The molecule has 0 aliphatic carbocycles. The molecule has 0 spiro atoms. The molecule has 1 aliphatic rings. The molecule has 17 heavy (non-hydrogen) atoms. The van der Waals surface area contributed by atoms with Gasteiger partial charge in [-0.2, -0.15) is 0 Å². The number of nitrogens with one attached hydrogen (secondary N) is 1. The molecule has 0 bridgehead atoms. The second-order valence-electron chi connectivity index (χ2n) is 3.91. The predicted octanol–water partition coefficient (Wildman–Crippen LogP) is 1.47. The lowest BCUT2D eigenvalue weighted by Gasteiger charge is -2.31. The summed E-state index contributed by atoms with van der Waals surface area (Å²) < 4.78 is 0.894. The summed E-state index contributed by atoms with van der Waals surface area (Å²) in [4.78, 5) is 25.2. The topological polar surface area (TPSA) is 49.4 Å². The van der Waals surface area contributed by atoms with Crippen molar-refractivity contribution in [2.75, 3.05) is 13.1 Å². The molecule has 2 rings (SSSR count). The number of nitrogens with zero attached hydrogens (tertiary/aromatic N) is 1. The van der Waals surface area contributed by atoms with Crippen LogP contribution in [0.15, 0.2) is 28.7 Å². The van der Waals surface area contributed by atoms with Gasteiger partial charge in [0.15, 0.2) is 0 Å². The molecule has 1 saturated heterocycles. The summed E-state index contributed by atoms with van der Waals surface area (Å²) in [6.45, 7) is 2.57. The molecule has 4 nitrogen and oxygen atoms in total. The summed E-state index contributed by atoms with van der Waals surface area (Å²) in [5.41, 5.74) is 0.802. The normalized spacial score (nSPS) is 20.4. The molecule has 1 aliphatic heterocycles. The SMILES string of the molecule is CCN1CC(=O)N[C@@H](c2cccc(Br)c2)C1=O. The minimum Gasteiger partial charge on any atom is -0.339 e. The van der Waals surface area contributed by atoms with Crippen LogP contribution in [-0.4, -0.2) is 29.8 Å². The second kappa shape index (κ2) is 4.87. The number of hydrogen-bond donors (Lipinski definition) is 1. The number of piperazine rings is 1. The first-order chi connectivity index (χ1) is 8.11. The highest BCUT2D eigenvalue weighted by Gasteiger charge is 2.32. The molecular formula is C12H13BrN2O2. The fourth-order valence-electron chi connectivity index (χ4n) is 1.88. The highest BCUT2D eigenvalue weighted by atomic mass is 79.9. The van der Waals surface area contributed by atoms with Crippen LogP contribution in [-0.2, 0) is 9.59 Å². The predicted molar refractivity (Wildman–Crippen MR) is 67.3 cm³/mol. The van der Waals surface area contributed by atoms with Crippen LogP contribution in [0.25, 0.3) is 0 Å². The van der Waals surface area contributed by atoms with Crippen LogP contribution in [0.2, 0.25) is 0 Å². The summed E-state index contributed by atoms with van der Waals surface area (Å²) in [5.74, 6) is -0.165. The van der Waals surface area contributed by atoms with Gasteiger partial charge in [-0.1, -0.05) is 28.1 Å². The molecule has 0 aromatic heterocycles. The van der Waals surface area contributed by atoms with Crippen LogP contribution < -0.4 is 5.32 Å². The smallest absolute Gasteiger partial charge is 0.250 e. The molecule has 0 saturated carbocycles. The van der Waals surface area contributed by atoms with E-state index in [4.69, 9.17) is 0 Å². The Morgan fingerprint density at radius 2 is 2.24 bits per heavy atom. The quantitative estimate of drug-likeness (QED) is 0.898. The van der Waals surface area contributed by atoms with E-state index in [1.807, 2.05) is 31.2 Å². The Labute approximate surface area is 108 Å². The molecule has 1 fully saturated rings. The van der Waals surface area contributed by atoms with Crippen molar-refractivity contribution in [3.63, 3.8) is 0 Å². The second-order valence-corrected chi connectivity index (χ2v) is 4.82. The number of amides is 2. The number of carbonyl (C=O) groups is 2. The Morgan fingerprint density at radius 3 is 2.88 bits per heavy atom. The number of hydrogen-bond acceptors (Lipinski definition) is 2. The van der Waals surface area contributed by atoms with Crippen molar-refractivity contribution in [3.05, 3.63) is 34.3 Å². The van der Waals surface area contributed by atoms with Gasteiger partial charge in [0.1, 0.15) is 6.04 Å². The van der Waals surface area contributed by atoms with E-state index in [-0.39, 0.29) is 18.4 Å². The van der Waals surface area contributed by atoms with Gasteiger partial charge in [-0.25, -0.2) is 0 Å². The molecule has 2 amide bonds. The Morgan fingerprint density at radius 1 is 1.47 bits per heavy atom. The van der Waals surface area contributed by atoms with E-state index in [1.165, 1.54) is 0 Å². The number of benzene rings is 1. The van der Waals surface area contributed by atoms with Crippen LogP contribution in [0.3, 0.4) is 0 Å². The van der Waals surface area contributed by atoms with Crippen LogP contribution in [0.1, 0.15) is 18.5 Å². The van der Waals surface area contributed by atoms with Crippen molar-refractivity contribution in [1.29, 1.82) is 0 Å². The summed E-state index contributed by atoms with van der Waals surface area (Å²) >= 11 is 3.36. The summed E-state index contributed by atoms with van der Waals surface area (Å²) in [6, 6.07) is 6.86. The highest BCUT2D eigenvalue weighted by molar-refractivity contribution is 9.10. The first-order valence-electron chi connectivity index (χ1n) is 5.45. The van der Waals surface area contributed by atoms with Gasteiger partial charge in [0, 0.05) is 11.0 Å². The van der Waals surface area contributed by atoms with E-state index < -0.39 is 6.04 Å². The van der Waals surface area contributed by atoms with Crippen LogP contribution in [0, 0.1) is 0 Å². The van der Waals surface area contributed by atoms with Crippen molar-refractivity contribution in [3.8, 4) is 0 Å². The van der Waals surface area contributed by atoms with Gasteiger partial charge < -0.3 is 10.2 Å². The Balaban J connectivity index is 2.30. The van der Waals surface area contributed by atoms with Crippen molar-refractivity contribution in [2.24, 2.45) is 0 Å². The van der Waals surface area contributed by atoms with E-state index in [9.17, 15) is 9.59 Å². The third kappa shape index (κ3) is 2.49. The largest absolute Gasteiger partial charge is 0.339 e. The number of rotatable bonds is 2. The van der Waals surface area contributed by atoms with E-state index in [0.717, 1.165) is 10.0 Å². The minimum absolute atomic E-state index is 0.0507. The lowest BCUT2D eigenvalue weighted by Crippen LogP contribution is -2.53. The molecule has 1 aromatic rings. The fourth-order valence-corrected chi connectivity index (χ4v) is 2.30. The lowest BCUT2D eigenvalue weighted by molar-refractivity contribution is -0.144. The van der Waals surface area contributed by atoms with Crippen molar-refractivity contribution >= 4 is 27.7 Å². The van der Waals surface area contributed by atoms with Crippen molar-refractivity contribution in [2.45, 2.75) is 13.0 Å². The average molecular weight is 297 g/mol. The van der Waals surface area contributed by atoms with Gasteiger partial charge in [0.2, 0.25) is 11.8 Å². The molecule has 0 radical (unpaired) electrons. The Kier molecular flexibility index (Phi) is 3.47. The maximum atomic E-state index is 12.1. The molecule has 1 heterocycles. The van der Waals surface area contributed by atoms with Gasteiger partial charge in [-0.3, -0.25) is 9.59 Å². The standard InChI is InChI=1S/C12H13BrN2O2/c1-2-15-7-10(16)14-11(12(15)17)8-4-3-5-9(13)6-8/h3-6,11H,2,7H2,1H3,(H,14,16)/t11-/m0/s1. The van der Waals surface area contributed by atoms with Gasteiger partial charge in [-0.05, 0) is 24.6 Å². The monoisotopic (exact) mass is 296 g/mol. The first kappa shape index (κ1) is 12.1. The van der Waals surface area contributed by atoms with Gasteiger partial charge >= 0.3 is 0 Å². The third-order valence-corrected chi connectivity index (χ3v) is 3.26. The average Bonchev–Trinajstić information content (AvgIpc) is 2.31. The molecule has 5 heteroatoms. The van der Waals surface area contributed by atoms with Gasteiger partial charge in [-0.15, -0.1) is 0 Å². The van der Waals surface area contributed by atoms with E-state index in [1.54, 1.807) is 4.90 Å². The number of likely N-dealkylation sites (N-methyl/N-ethyl adjacent to an activating group) is 1. The molecule has 0 unspecified atom stereocenters. The fraction of sp³-hybridized carbons (Fsp3) is 0.333. The van der Waals surface area contributed by atoms with Crippen LogP contribution in [0.5, 0.6) is 0 Å². The van der Waals surface area contributed by atoms with Crippen LogP contribution in [0.4, 0.5) is 0 Å². The zero-order valence-corrected chi connectivity index (χ0v) is 11.0. The zero-order valence-electron chi connectivity index (χ0n) is 9.44. The molecule has 1 N–H and O–H groups in total.